The van der Waals surface area contributed by atoms with Crippen LogP contribution in [-0.2, 0) is 0 Å². The van der Waals surface area contributed by atoms with E-state index in [1.165, 1.54) is 21.5 Å². The summed E-state index contributed by atoms with van der Waals surface area (Å²) in [7, 11) is -2.11. The Morgan fingerprint density at radius 3 is 1.83 bits per heavy atom. The third-order valence-corrected chi connectivity index (χ3v) is 14.5. The summed E-state index contributed by atoms with van der Waals surface area (Å²) in [5, 5.41) is 6.91. The molecule has 6 heteroatoms. The van der Waals surface area contributed by atoms with Gasteiger partial charge in [0.15, 0.2) is 17.5 Å². The number of fused-ring (bicyclic) bond motifs is 10. The van der Waals surface area contributed by atoms with Gasteiger partial charge in [0.2, 0.25) is 0 Å². The number of para-hydroxylation sites is 2. The number of nitrogens with zero attached hydrogens (tertiary/aromatic N) is 3. The predicted octanol–water partition coefficient (Wildman–Crippen LogP) is 11.1. The molecule has 0 aliphatic carbocycles. The topological polar surface area (TPSA) is 65.0 Å². The van der Waals surface area contributed by atoms with Crippen molar-refractivity contribution in [3.8, 4) is 56.4 Å². The molecule has 250 valence electrons. The van der Waals surface area contributed by atoms with E-state index in [9.17, 15) is 0 Å². The van der Waals surface area contributed by atoms with Crippen molar-refractivity contribution in [2.75, 3.05) is 0 Å². The zero-order valence-electron chi connectivity index (χ0n) is 29.1. The molecule has 0 saturated carbocycles. The van der Waals surface area contributed by atoms with Crippen molar-refractivity contribution in [1.82, 2.24) is 15.0 Å². The standard InChI is InChI=1S/C47H31N3O2Si/c1-53(2)40-23-13-10-20-34(40)43-41(53)27-36(42-33-19-9-12-22-38(33)52-44(42)43)47-49-45(29-24-25-39-35(26-29)31-17-8-11-21-37(31)51-39)48-46(50-47)32-18-7-6-16-30(32)28-14-4-3-5-15-28/h3-27H,1-2H3. The van der Waals surface area contributed by atoms with Crippen LogP contribution in [0.15, 0.2) is 160 Å². The Balaban J connectivity index is 1.23. The van der Waals surface area contributed by atoms with E-state index in [4.69, 9.17) is 23.8 Å². The number of furan rings is 2. The highest BCUT2D eigenvalue weighted by molar-refractivity contribution is 7.04. The summed E-state index contributed by atoms with van der Waals surface area (Å²) < 4.78 is 13.0. The molecule has 1 aliphatic rings. The molecule has 3 aromatic heterocycles. The van der Waals surface area contributed by atoms with Crippen molar-refractivity contribution in [3.05, 3.63) is 152 Å². The third-order valence-electron chi connectivity index (χ3n) is 11.0. The fourth-order valence-corrected chi connectivity index (χ4v) is 11.4. The quantitative estimate of drug-likeness (QED) is 0.171. The first-order chi connectivity index (χ1) is 26.0. The molecule has 0 radical (unpaired) electrons. The van der Waals surface area contributed by atoms with Gasteiger partial charge in [-0.25, -0.2) is 15.0 Å². The van der Waals surface area contributed by atoms with Crippen LogP contribution in [0.5, 0.6) is 0 Å². The van der Waals surface area contributed by atoms with Gasteiger partial charge in [0.05, 0.1) is 0 Å². The molecule has 0 spiro atoms. The van der Waals surface area contributed by atoms with Crippen LogP contribution in [0.25, 0.3) is 100 Å². The van der Waals surface area contributed by atoms with Gasteiger partial charge in [-0.2, -0.15) is 0 Å². The summed E-state index contributed by atoms with van der Waals surface area (Å²) in [5.41, 5.74) is 10.8. The summed E-state index contributed by atoms with van der Waals surface area (Å²) in [6.07, 6.45) is 0. The van der Waals surface area contributed by atoms with E-state index in [-0.39, 0.29) is 0 Å². The Bertz CT molecular complexity index is 3110. The highest BCUT2D eigenvalue weighted by atomic mass is 28.3. The smallest absolute Gasteiger partial charge is 0.164 e. The Morgan fingerprint density at radius 1 is 0.415 bits per heavy atom. The van der Waals surface area contributed by atoms with E-state index in [2.05, 4.69) is 128 Å². The van der Waals surface area contributed by atoms with Gasteiger partial charge in [-0.1, -0.05) is 128 Å². The van der Waals surface area contributed by atoms with Crippen molar-refractivity contribution >= 4 is 62.3 Å². The Labute approximate surface area is 306 Å². The maximum absolute atomic E-state index is 6.84. The van der Waals surface area contributed by atoms with E-state index in [1.54, 1.807) is 0 Å². The van der Waals surface area contributed by atoms with Crippen LogP contribution >= 0.6 is 0 Å². The predicted molar refractivity (Wildman–Crippen MR) is 218 cm³/mol. The summed E-state index contributed by atoms with van der Waals surface area (Å²) >= 11 is 0. The zero-order chi connectivity index (χ0) is 35.3. The molecule has 5 nitrogen and oxygen atoms in total. The fraction of sp³-hybridized carbons (Fsp3) is 0.0426. The van der Waals surface area contributed by atoms with Gasteiger partial charge in [-0.15, -0.1) is 0 Å². The first-order valence-electron chi connectivity index (χ1n) is 17.9. The Morgan fingerprint density at radius 2 is 1.02 bits per heavy atom. The molecule has 0 bridgehead atoms. The minimum atomic E-state index is -2.11. The van der Waals surface area contributed by atoms with Crippen LogP contribution in [0.3, 0.4) is 0 Å². The molecular formula is C47H31N3O2Si. The first kappa shape index (κ1) is 30.0. The molecule has 0 atom stereocenters. The first-order valence-corrected chi connectivity index (χ1v) is 20.9. The lowest BCUT2D eigenvalue weighted by molar-refractivity contribution is 0.669. The van der Waals surface area contributed by atoms with Gasteiger partial charge < -0.3 is 8.83 Å². The van der Waals surface area contributed by atoms with E-state index < -0.39 is 8.07 Å². The van der Waals surface area contributed by atoms with Crippen LogP contribution in [-0.4, -0.2) is 23.0 Å². The molecule has 1 aliphatic heterocycles. The second-order valence-corrected chi connectivity index (χ2v) is 18.7. The second kappa shape index (κ2) is 11.2. The molecule has 53 heavy (non-hydrogen) atoms. The van der Waals surface area contributed by atoms with Gasteiger partial charge in [0, 0.05) is 43.8 Å². The van der Waals surface area contributed by atoms with E-state index in [0.717, 1.165) is 71.7 Å². The van der Waals surface area contributed by atoms with Crippen LogP contribution < -0.4 is 10.4 Å². The van der Waals surface area contributed by atoms with E-state index in [1.807, 2.05) is 36.4 Å². The van der Waals surface area contributed by atoms with Crippen molar-refractivity contribution in [2.24, 2.45) is 0 Å². The van der Waals surface area contributed by atoms with Crippen LogP contribution in [0, 0.1) is 0 Å². The van der Waals surface area contributed by atoms with E-state index in [0.29, 0.717) is 17.5 Å². The number of aromatic nitrogens is 3. The Kier molecular flexibility index (Phi) is 6.34. The normalized spacial score (nSPS) is 13.2. The van der Waals surface area contributed by atoms with Crippen LogP contribution in [0.4, 0.5) is 0 Å². The van der Waals surface area contributed by atoms with Gasteiger partial charge in [-0.3, -0.25) is 0 Å². The molecule has 0 N–H and O–H groups in total. The van der Waals surface area contributed by atoms with Crippen LogP contribution in [0.1, 0.15) is 0 Å². The molecule has 4 heterocycles. The van der Waals surface area contributed by atoms with Gasteiger partial charge >= 0.3 is 0 Å². The third kappa shape index (κ3) is 4.46. The lowest BCUT2D eigenvalue weighted by Gasteiger charge is -2.19. The number of rotatable bonds is 4. The Hall–Kier alpha value is -6.63. The molecule has 0 saturated heterocycles. The minimum Gasteiger partial charge on any atom is -0.456 e. The summed E-state index contributed by atoms with van der Waals surface area (Å²) in [6.45, 7) is 4.86. The highest BCUT2D eigenvalue weighted by Gasteiger charge is 2.40. The molecule has 0 unspecified atom stereocenters. The summed E-state index contributed by atoms with van der Waals surface area (Å²) in [5.74, 6) is 1.83. The monoisotopic (exact) mass is 697 g/mol. The number of benzene rings is 7. The van der Waals surface area contributed by atoms with Crippen molar-refractivity contribution in [1.29, 1.82) is 0 Å². The molecule has 11 rings (SSSR count). The van der Waals surface area contributed by atoms with Crippen molar-refractivity contribution in [3.63, 3.8) is 0 Å². The lowest BCUT2D eigenvalue weighted by atomic mass is 9.97. The molecule has 0 amide bonds. The zero-order valence-corrected chi connectivity index (χ0v) is 30.1. The highest BCUT2D eigenvalue weighted by Crippen LogP contribution is 2.44. The van der Waals surface area contributed by atoms with Crippen molar-refractivity contribution in [2.45, 2.75) is 13.1 Å². The molecule has 0 fully saturated rings. The maximum atomic E-state index is 6.84. The van der Waals surface area contributed by atoms with Gasteiger partial charge in [0.1, 0.15) is 30.4 Å². The average molecular weight is 698 g/mol. The average Bonchev–Trinajstić information content (AvgIpc) is 3.85. The fourth-order valence-electron chi connectivity index (χ4n) is 8.39. The summed E-state index contributed by atoms with van der Waals surface area (Å²) in [6, 6.07) is 52.7. The van der Waals surface area contributed by atoms with Crippen molar-refractivity contribution < 1.29 is 8.83 Å². The maximum Gasteiger partial charge on any atom is 0.164 e. The molecular weight excluding hydrogens is 667 g/mol. The van der Waals surface area contributed by atoms with E-state index >= 15 is 0 Å². The molecule has 10 aromatic rings. The number of hydrogen-bond acceptors (Lipinski definition) is 5. The van der Waals surface area contributed by atoms with Crippen LogP contribution in [0.2, 0.25) is 13.1 Å². The van der Waals surface area contributed by atoms with Gasteiger partial charge in [0.25, 0.3) is 0 Å². The summed E-state index contributed by atoms with van der Waals surface area (Å²) in [4.78, 5) is 16.0. The largest absolute Gasteiger partial charge is 0.456 e. The minimum absolute atomic E-state index is 0.598. The lowest BCUT2D eigenvalue weighted by Crippen LogP contribution is -2.49. The SMILES string of the molecule is C[Si]1(C)c2ccccc2-c2c1cc(-c1nc(-c3ccc4oc5ccccc5c4c3)nc(-c3ccccc3-c3ccccc3)n1)c1c2oc2ccccc21. The van der Waals surface area contributed by atoms with Gasteiger partial charge in [-0.05, 0) is 63.5 Å². The molecule has 7 aromatic carbocycles. The number of hydrogen-bond donors (Lipinski definition) is 0. The second-order valence-electron chi connectivity index (χ2n) is 14.3.